The number of aromatic nitrogens is 6. The number of benzene rings is 1. The topological polar surface area (TPSA) is 117 Å². The average molecular weight is 495 g/mol. The van der Waals surface area contributed by atoms with Crippen LogP contribution in [0.25, 0.3) is 22.5 Å². The first-order valence-corrected chi connectivity index (χ1v) is 12.3. The van der Waals surface area contributed by atoms with Crippen molar-refractivity contribution < 1.29 is 9.32 Å². The summed E-state index contributed by atoms with van der Waals surface area (Å²) in [5.41, 5.74) is 5.44. The lowest BCUT2D eigenvalue weighted by molar-refractivity contribution is 0.0628. The molecule has 6 rings (SSSR count). The molecule has 1 aliphatic heterocycles. The molecule has 1 aliphatic rings. The van der Waals surface area contributed by atoms with Crippen LogP contribution in [0.15, 0.2) is 65.6 Å². The number of nitrogens with one attached hydrogen (secondary N) is 1. The predicted molar refractivity (Wildman–Crippen MR) is 137 cm³/mol. The van der Waals surface area contributed by atoms with Crippen LogP contribution in [0.4, 0.5) is 0 Å². The van der Waals surface area contributed by atoms with Gasteiger partial charge in [0.15, 0.2) is 5.82 Å². The Hall–Kier alpha value is -4.44. The highest BCUT2D eigenvalue weighted by Crippen LogP contribution is 2.23. The van der Waals surface area contributed by atoms with E-state index in [4.69, 9.17) is 9.51 Å². The molecule has 10 nitrogen and oxygen atoms in total. The first-order chi connectivity index (χ1) is 18.1. The third kappa shape index (κ3) is 5.10. The maximum absolute atomic E-state index is 12.7. The minimum atomic E-state index is 0.0455. The molecule has 5 aromatic rings. The summed E-state index contributed by atoms with van der Waals surface area (Å²) in [5, 5.41) is 3.86. The van der Waals surface area contributed by atoms with Crippen molar-refractivity contribution in [3.8, 4) is 11.5 Å². The molecule has 10 heteroatoms. The van der Waals surface area contributed by atoms with Crippen molar-refractivity contribution in [2.24, 2.45) is 0 Å². The van der Waals surface area contributed by atoms with E-state index >= 15 is 0 Å². The number of hydrogen-bond donors (Lipinski definition) is 1. The Morgan fingerprint density at radius 3 is 2.73 bits per heavy atom. The van der Waals surface area contributed by atoms with Crippen molar-refractivity contribution in [1.82, 2.24) is 39.9 Å². The number of amides is 1. The van der Waals surface area contributed by atoms with E-state index in [0.717, 1.165) is 47.7 Å². The Morgan fingerprint density at radius 1 is 1.05 bits per heavy atom. The molecule has 1 fully saturated rings. The highest BCUT2D eigenvalue weighted by molar-refractivity contribution is 5.93. The van der Waals surface area contributed by atoms with E-state index in [1.165, 1.54) is 5.56 Å². The number of piperazine rings is 1. The van der Waals surface area contributed by atoms with Gasteiger partial charge >= 0.3 is 0 Å². The van der Waals surface area contributed by atoms with Crippen LogP contribution >= 0.6 is 0 Å². The van der Waals surface area contributed by atoms with Gasteiger partial charge in [-0.2, -0.15) is 4.98 Å². The number of carbonyl (C=O) groups excluding carboxylic acids is 1. The molecule has 1 saturated heterocycles. The summed E-state index contributed by atoms with van der Waals surface area (Å²) in [4.78, 5) is 38.0. The van der Waals surface area contributed by atoms with E-state index in [-0.39, 0.29) is 5.91 Å². The van der Waals surface area contributed by atoms with Crippen molar-refractivity contribution >= 4 is 16.9 Å². The predicted octanol–water partition coefficient (Wildman–Crippen LogP) is 3.26. The summed E-state index contributed by atoms with van der Waals surface area (Å²) in [6, 6.07) is 13.7. The number of imidazole rings is 1. The van der Waals surface area contributed by atoms with Crippen molar-refractivity contribution in [3.05, 3.63) is 89.5 Å². The molecule has 186 valence electrons. The first kappa shape index (κ1) is 23.0. The van der Waals surface area contributed by atoms with Crippen LogP contribution in [0.2, 0.25) is 0 Å². The quantitative estimate of drug-likeness (QED) is 0.382. The highest BCUT2D eigenvalue weighted by atomic mass is 16.5. The minimum Gasteiger partial charge on any atom is -0.342 e. The van der Waals surface area contributed by atoms with Gasteiger partial charge < -0.3 is 14.4 Å². The van der Waals surface area contributed by atoms with Gasteiger partial charge in [-0.1, -0.05) is 5.16 Å². The van der Waals surface area contributed by atoms with Crippen LogP contribution in [-0.4, -0.2) is 72.0 Å². The lowest BCUT2D eigenvalue weighted by Crippen LogP contribution is -2.48. The molecule has 0 bridgehead atoms. The van der Waals surface area contributed by atoms with E-state index in [1.807, 2.05) is 41.4 Å². The van der Waals surface area contributed by atoms with E-state index in [0.29, 0.717) is 36.8 Å². The lowest BCUT2D eigenvalue weighted by atomic mass is 10.1. The van der Waals surface area contributed by atoms with E-state index in [1.54, 1.807) is 25.4 Å². The van der Waals surface area contributed by atoms with Gasteiger partial charge in [0, 0.05) is 69.0 Å². The smallest absolute Gasteiger partial charge is 0.257 e. The van der Waals surface area contributed by atoms with Gasteiger partial charge in [0.05, 0.1) is 16.6 Å². The molecule has 5 heterocycles. The Labute approximate surface area is 213 Å². The molecule has 1 amide bonds. The monoisotopic (exact) mass is 494 g/mol. The number of rotatable bonds is 6. The zero-order valence-electron chi connectivity index (χ0n) is 20.5. The number of aromatic amines is 1. The largest absolute Gasteiger partial charge is 0.342 e. The third-order valence-electron chi connectivity index (χ3n) is 6.51. The average Bonchev–Trinajstić information content (AvgIpc) is 3.54. The van der Waals surface area contributed by atoms with Gasteiger partial charge in [-0.15, -0.1) is 0 Å². The van der Waals surface area contributed by atoms with E-state index < -0.39 is 0 Å². The standard InChI is InChI=1S/C27H26N8O2/c1-18-30-26(37-33-18)20-4-5-23-24(14-20)32-25(31-23)15-22-13-19(6-8-29-22)17-34-9-11-35(12-10-34)27(36)21-3-2-7-28-16-21/h2-8,13-14,16H,9-12,15,17H2,1H3,(H,31,32). The zero-order valence-corrected chi connectivity index (χ0v) is 20.5. The summed E-state index contributed by atoms with van der Waals surface area (Å²) in [5.74, 6) is 1.99. The van der Waals surface area contributed by atoms with Crippen molar-refractivity contribution in [3.63, 3.8) is 0 Å². The normalized spacial score (nSPS) is 14.4. The number of pyridine rings is 2. The van der Waals surface area contributed by atoms with E-state index in [9.17, 15) is 4.79 Å². The maximum Gasteiger partial charge on any atom is 0.257 e. The highest BCUT2D eigenvalue weighted by Gasteiger charge is 2.22. The second-order valence-corrected chi connectivity index (χ2v) is 9.20. The number of H-pyrrole nitrogens is 1. The number of hydrogen-bond acceptors (Lipinski definition) is 8. The Bertz CT molecular complexity index is 1540. The summed E-state index contributed by atoms with van der Waals surface area (Å²) in [7, 11) is 0. The van der Waals surface area contributed by atoms with Crippen LogP contribution in [-0.2, 0) is 13.0 Å². The molecular formula is C27H26N8O2. The molecule has 1 N–H and O–H groups in total. The van der Waals surface area contributed by atoms with Crippen LogP contribution < -0.4 is 0 Å². The zero-order chi connectivity index (χ0) is 25.2. The number of carbonyl (C=O) groups is 1. The Kier molecular flexibility index (Phi) is 6.15. The van der Waals surface area contributed by atoms with Crippen LogP contribution in [0, 0.1) is 6.92 Å². The SMILES string of the molecule is Cc1noc(-c2ccc3nc(Cc4cc(CN5CCN(C(=O)c6cccnc6)CC5)ccn4)[nH]c3c2)n1. The second-order valence-electron chi connectivity index (χ2n) is 9.20. The van der Waals surface area contributed by atoms with Crippen LogP contribution in [0.1, 0.15) is 33.3 Å². The van der Waals surface area contributed by atoms with Gasteiger partial charge in [-0.05, 0) is 55.0 Å². The number of fused-ring (bicyclic) bond motifs is 1. The fraction of sp³-hybridized carbons (Fsp3) is 0.259. The second kappa shape index (κ2) is 9.90. The van der Waals surface area contributed by atoms with Crippen molar-refractivity contribution in [1.29, 1.82) is 0 Å². The maximum atomic E-state index is 12.7. The summed E-state index contributed by atoms with van der Waals surface area (Å²) < 4.78 is 5.28. The van der Waals surface area contributed by atoms with Crippen LogP contribution in [0.5, 0.6) is 0 Å². The van der Waals surface area contributed by atoms with Gasteiger partial charge in [-0.3, -0.25) is 19.7 Å². The fourth-order valence-electron chi connectivity index (χ4n) is 4.63. The Balaban J connectivity index is 1.09. The molecule has 0 atom stereocenters. The van der Waals surface area contributed by atoms with Gasteiger partial charge in [0.2, 0.25) is 0 Å². The molecule has 0 saturated carbocycles. The molecule has 0 unspecified atom stereocenters. The molecular weight excluding hydrogens is 468 g/mol. The van der Waals surface area contributed by atoms with Gasteiger partial charge in [0.25, 0.3) is 11.8 Å². The molecule has 0 spiro atoms. The third-order valence-corrected chi connectivity index (χ3v) is 6.51. The molecule has 0 radical (unpaired) electrons. The molecule has 37 heavy (non-hydrogen) atoms. The first-order valence-electron chi connectivity index (χ1n) is 12.3. The van der Waals surface area contributed by atoms with Crippen LogP contribution in [0.3, 0.4) is 0 Å². The van der Waals surface area contributed by atoms with Crippen molar-refractivity contribution in [2.75, 3.05) is 26.2 Å². The molecule has 1 aromatic carbocycles. The summed E-state index contributed by atoms with van der Waals surface area (Å²) >= 11 is 0. The molecule has 4 aromatic heterocycles. The molecule has 0 aliphatic carbocycles. The minimum absolute atomic E-state index is 0.0455. The van der Waals surface area contributed by atoms with Gasteiger partial charge in [0.1, 0.15) is 5.82 Å². The summed E-state index contributed by atoms with van der Waals surface area (Å²) in [6.07, 6.45) is 5.76. The Morgan fingerprint density at radius 2 is 1.95 bits per heavy atom. The summed E-state index contributed by atoms with van der Waals surface area (Å²) in [6.45, 7) is 5.68. The van der Waals surface area contributed by atoms with Gasteiger partial charge in [-0.25, -0.2) is 4.98 Å². The van der Waals surface area contributed by atoms with E-state index in [2.05, 4.69) is 36.1 Å². The fourth-order valence-corrected chi connectivity index (χ4v) is 4.63. The van der Waals surface area contributed by atoms with Crippen molar-refractivity contribution in [2.45, 2.75) is 19.9 Å². The number of aryl methyl sites for hydroxylation is 1. The number of nitrogens with zero attached hydrogens (tertiary/aromatic N) is 7. The lowest BCUT2D eigenvalue weighted by Gasteiger charge is -2.34.